The molecule has 19 heavy (non-hydrogen) atoms. The number of rotatable bonds is 3. The summed E-state index contributed by atoms with van der Waals surface area (Å²) in [5.41, 5.74) is 3.98. The normalized spacial score (nSPS) is 12.7. The highest BCUT2D eigenvalue weighted by atomic mass is 32.1. The van der Waals surface area contributed by atoms with Crippen LogP contribution in [-0.2, 0) is 0 Å². The molecule has 1 aromatic carbocycles. The van der Waals surface area contributed by atoms with Crippen LogP contribution in [0.4, 0.5) is 0 Å². The zero-order chi connectivity index (χ0) is 13.2. The molecule has 0 fully saturated rings. The van der Waals surface area contributed by atoms with Crippen molar-refractivity contribution in [2.24, 2.45) is 0 Å². The minimum absolute atomic E-state index is 0.221. The van der Waals surface area contributed by atoms with Crippen LogP contribution < -0.4 is 5.32 Å². The summed E-state index contributed by atoms with van der Waals surface area (Å²) < 4.78 is 0. The smallest absolute Gasteiger partial charge is 0.0591 e. The quantitative estimate of drug-likeness (QED) is 0.779. The second-order valence-electron chi connectivity index (χ2n) is 4.68. The molecule has 1 atom stereocenters. The summed E-state index contributed by atoms with van der Waals surface area (Å²) in [5, 5.41) is 10.3. The van der Waals surface area contributed by atoms with Crippen molar-refractivity contribution in [3.63, 3.8) is 0 Å². The van der Waals surface area contributed by atoms with Gasteiger partial charge in [0.2, 0.25) is 0 Å². The van der Waals surface area contributed by atoms with Gasteiger partial charge in [-0.25, -0.2) is 0 Å². The van der Waals surface area contributed by atoms with E-state index in [-0.39, 0.29) is 6.04 Å². The van der Waals surface area contributed by atoms with Crippen LogP contribution in [0.1, 0.15) is 22.7 Å². The third-order valence-corrected chi connectivity index (χ3v) is 4.40. The Morgan fingerprint density at radius 2 is 2.05 bits per heavy atom. The lowest BCUT2D eigenvalue weighted by Gasteiger charge is -2.19. The average molecular weight is 268 g/mol. The van der Waals surface area contributed by atoms with Crippen LogP contribution in [-0.4, -0.2) is 12.0 Å². The maximum atomic E-state index is 4.27. The zero-order valence-corrected chi connectivity index (χ0v) is 11.9. The number of pyridine rings is 1. The van der Waals surface area contributed by atoms with Gasteiger partial charge in [0, 0.05) is 17.8 Å². The molecule has 1 unspecified atom stereocenters. The summed E-state index contributed by atoms with van der Waals surface area (Å²) >= 11 is 1.75. The van der Waals surface area contributed by atoms with E-state index in [1.54, 1.807) is 11.3 Å². The SMILES string of the molecule is CNC(c1cscc1C)c1cccc2ccncc12. The van der Waals surface area contributed by atoms with Crippen LogP contribution >= 0.6 is 11.3 Å². The number of thiophene rings is 1. The van der Waals surface area contributed by atoms with Crippen LogP contribution in [0.15, 0.2) is 47.4 Å². The molecule has 1 N–H and O–H groups in total. The number of aryl methyl sites for hydroxylation is 1. The van der Waals surface area contributed by atoms with E-state index < -0.39 is 0 Å². The maximum Gasteiger partial charge on any atom is 0.0591 e. The summed E-state index contributed by atoms with van der Waals surface area (Å²) in [6.07, 6.45) is 3.80. The Kier molecular flexibility index (Phi) is 3.32. The largest absolute Gasteiger partial charge is 0.309 e. The van der Waals surface area contributed by atoms with E-state index in [9.17, 15) is 0 Å². The summed E-state index contributed by atoms with van der Waals surface area (Å²) in [7, 11) is 2.01. The Balaban J connectivity index is 2.20. The van der Waals surface area contributed by atoms with E-state index in [2.05, 4.69) is 52.3 Å². The average Bonchev–Trinajstić information content (AvgIpc) is 2.86. The number of benzene rings is 1. The van der Waals surface area contributed by atoms with Gasteiger partial charge in [-0.15, -0.1) is 0 Å². The third-order valence-electron chi connectivity index (χ3n) is 3.52. The fourth-order valence-corrected chi connectivity index (χ4v) is 3.41. The van der Waals surface area contributed by atoms with Gasteiger partial charge < -0.3 is 5.32 Å². The van der Waals surface area contributed by atoms with Gasteiger partial charge in [0.1, 0.15) is 0 Å². The summed E-state index contributed by atoms with van der Waals surface area (Å²) in [6.45, 7) is 2.17. The van der Waals surface area contributed by atoms with Crippen LogP contribution in [0, 0.1) is 6.92 Å². The van der Waals surface area contributed by atoms with Crippen molar-refractivity contribution >= 4 is 22.1 Å². The fraction of sp³-hybridized carbons (Fsp3) is 0.188. The van der Waals surface area contributed by atoms with Crippen LogP contribution in [0.2, 0.25) is 0 Å². The molecule has 0 spiro atoms. The van der Waals surface area contributed by atoms with Crippen molar-refractivity contribution in [2.75, 3.05) is 7.05 Å². The topological polar surface area (TPSA) is 24.9 Å². The van der Waals surface area contributed by atoms with Gasteiger partial charge in [0.05, 0.1) is 6.04 Å². The summed E-state index contributed by atoms with van der Waals surface area (Å²) in [6, 6.07) is 8.71. The number of aromatic nitrogens is 1. The van der Waals surface area contributed by atoms with Crippen molar-refractivity contribution < 1.29 is 0 Å². The number of hydrogen-bond donors (Lipinski definition) is 1. The summed E-state index contributed by atoms with van der Waals surface area (Å²) in [4.78, 5) is 4.27. The molecule has 0 bridgehead atoms. The lowest BCUT2D eigenvalue weighted by molar-refractivity contribution is 0.695. The Morgan fingerprint density at radius 1 is 1.16 bits per heavy atom. The van der Waals surface area contributed by atoms with E-state index in [4.69, 9.17) is 0 Å². The Hall–Kier alpha value is -1.71. The molecule has 3 rings (SSSR count). The highest BCUT2D eigenvalue weighted by molar-refractivity contribution is 7.08. The number of nitrogens with zero attached hydrogens (tertiary/aromatic N) is 1. The van der Waals surface area contributed by atoms with Crippen molar-refractivity contribution in [3.05, 3.63) is 64.1 Å². The Labute approximate surface area is 117 Å². The molecule has 0 aliphatic carbocycles. The molecule has 0 aliphatic rings. The first-order valence-electron chi connectivity index (χ1n) is 6.34. The van der Waals surface area contributed by atoms with Gasteiger partial charge in [-0.1, -0.05) is 18.2 Å². The van der Waals surface area contributed by atoms with E-state index in [1.807, 2.05) is 19.4 Å². The Bertz CT molecular complexity index is 697. The molecule has 0 saturated carbocycles. The van der Waals surface area contributed by atoms with Crippen molar-refractivity contribution in [1.82, 2.24) is 10.3 Å². The lowest BCUT2D eigenvalue weighted by Crippen LogP contribution is -2.18. The monoisotopic (exact) mass is 268 g/mol. The van der Waals surface area contributed by atoms with Gasteiger partial charge in [-0.3, -0.25) is 4.98 Å². The van der Waals surface area contributed by atoms with Crippen LogP contribution in [0.5, 0.6) is 0 Å². The molecular weight excluding hydrogens is 252 g/mol. The molecule has 96 valence electrons. The molecule has 2 aromatic heterocycles. The van der Waals surface area contributed by atoms with E-state index in [1.165, 1.54) is 27.5 Å². The van der Waals surface area contributed by atoms with Crippen molar-refractivity contribution in [1.29, 1.82) is 0 Å². The minimum atomic E-state index is 0.221. The molecule has 3 aromatic rings. The second-order valence-corrected chi connectivity index (χ2v) is 5.42. The third kappa shape index (κ3) is 2.15. The second kappa shape index (κ2) is 5.11. The van der Waals surface area contributed by atoms with Gasteiger partial charge in [0.25, 0.3) is 0 Å². The number of fused-ring (bicyclic) bond motifs is 1. The Morgan fingerprint density at radius 3 is 2.79 bits per heavy atom. The van der Waals surface area contributed by atoms with E-state index in [0.717, 1.165) is 0 Å². The summed E-state index contributed by atoms with van der Waals surface area (Å²) in [5.74, 6) is 0. The van der Waals surface area contributed by atoms with Gasteiger partial charge in [-0.2, -0.15) is 11.3 Å². The number of hydrogen-bond acceptors (Lipinski definition) is 3. The lowest BCUT2D eigenvalue weighted by atomic mass is 9.94. The van der Waals surface area contributed by atoms with Gasteiger partial charge in [-0.05, 0) is 52.9 Å². The molecule has 2 heterocycles. The maximum absolute atomic E-state index is 4.27. The zero-order valence-electron chi connectivity index (χ0n) is 11.1. The predicted molar refractivity (Wildman–Crippen MR) is 81.7 cm³/mol. The predicted octanol–water partition coefficient (Wildman–Crippen LogP) is 3.91. The molecule has 0 saturated heterocycles. The highest BCUT2D eigenvalue weighted by Gasteiger charge is 2.17. The minimum Gasteiger partial charge on any atom is -0.309 e. The van der Waals surface area contributed by atoms with E-state index >= 15 is 0 Å². The molecule has 3 heteroatoms. The van der Waals surface area contributed by atoms with Crippen molar-refractivity contribution in [2.45, 2.75) is 13.0 Å². The van der Waals surface area contributed by atoms with Gasteiger partial charge in [0.15, 0.2) is 0 Å². The first kappa shape index (κ1) is 12.3. The fourth-order valence-electron chi connectivity index (χ4n) is 2.53. The van der Waals surface area contributed by atoms with Crippen LogP contribution in [0.25, 0.3) is 10.8 Å². The molecular formula is C16H16N2S. The van der Waals surface area contributed by atoms with Gasteiger partial charge >= 0.3 is 0 Å². The highest BCUT2D eigenvalue weighted by Crippen LogP contribution is 2.31. The first-order valence-corrected chi connectivity index (χ1v) is 7.28. The standard InChI is InChI=1S/C16H16N2S/c1-11-9-19-10-15(11)16(17-2)13-5-3-4-12-6-7-18-8-14(12)13/h3-10,16-17H,1-2H3. The van der Waals surface area contributed by atoms with E-state index in [0.29, 0.717) is 0 Å². The van der Waals surface area contributed by atoms with Crippen molar-refractivity contribution in [3.8, 4) is 0 Å². The molecule has 0 aliphatic heterocycles. The molecule has 0 amide bonds. The molecule has 2 nitrogen and oxygen atoms in total. The first-order chi connectivity index (χ1) is 9.31. The van der Waals surface area contributed by atoms with Crippen LogP contribution in [0.3, 0.4) is 0 Å². The number of nitrogens with one attached hydrogen (secondary N) is 1. The molecule has 0 radical (unpaired) electrons.